The van der Waals surface area contributed by atoms with Gasteiger partial charge in [0.25, 0.3) is 0 Å². The Balaban J connectivity index is 2.11. The third kappa shape index (κ3) is 2.76. The highest BCUT2D eigenvalue weighted by atomic mass is 35.5. The van der Waals surface area contributed by atoms with Crippen molar-refractivity contribution >= 4 is 23.2 Å². The van der Waals surface area contributed by atoms with Crippen LogP contribution in [0.2, 0.25) is 0 Å². The first-order valence-electron chi connectivity index (χ1n) is 4.76. The van der Waals surface area contributed by atoms with Gasteiger partial charge in [-0.2, -0.15) is 0 Å². The molecule has 0 atom stereocenters. The molecular weight excluding hydrogens is 256 g/mol. The fourth-order valence-corrected chi connectivity index (χ4v) is 1.51. The van der Waals surface area contributed by atoms with E-state index in [1.165, 1.54) is 18.2 Å². The number of benzene rings is 1. The fraction of sp³-hybridized carbons (Fsp3) is 0.300. The summed E-state index contributed by atoms with van der Waals surface area (Å²) in [6, 6.07) is 4.00. The molecule has 1 aromatic rings. The molecule has 7 heteroatoms. The van der Waals surface area contributed by atoms with Crippen molar-refractivity contribution in [3.63, 3.8) is 0 Å². The number of nitrogens with one attached hydrogen (secondary N) is 1. The van der Waals surface area contributed by atoms with Gasteiger partial charge in [0.1, 0.15) is 0 Å². The third-order valence-corrected chi connectivity index (χ3v) is 2.20. The predicted octanol–water partition coefficient (Wildman–Crippen LogP) is 2.58. The van der Waals surface area contributed by atoms with Crippen molar-refractivity contribution in [2.45, 2.75) is 12.7 Å². The van der Waals surface area contributed by atoms with Gasteiger partial charge in [-0.05, 0) is 12.1 Å². The zero-order valence-electron chi connectivity index (χ0n) is 8.50. The Kier molecular flexibility index (Phi) is 3.06. The van der Waals surface area contributed by atoms with Crippen LogP contribution in [0.3, 0.4) is 0 Å². The number of halogens is 3. The van der Waals surface area contributed by atoms with E-state index in [4.69, 9.17) is 11.6 Å². The summed E-state index contributed by atoms with van der Waals surface area (Å²) in [7, 11) is 0. The smallest absolute Gasteiger partial charge is 0.395 e. The Morgan fingerprint density at radius 3 is 2.76 bits per heavy atom. The molecule has 1 aliphatic heterocycles. The number of rotatable bonds is 3. The zero-order chi connectivity index (χ0) is 12.5. The molecule has 1 aliphatic rings. The molecule has 1 aromatic carbocycles. The summed E-state index contributed by atoms with van der Waals surface area (Å²) in [6.45, 7) is 0. The van der Waals surface area contributed by atoms with Crippen LogP contribution in [0.15, 0.2) is 18.2 Å². The van der Waals surface area contributed by atoms with Crippen LogP contribution in [0.5, 0.6) is 11.5 Å². The molecule has 92 valence electrons. The highest BCUT2D eigenvalue weighted by Gasteiger charge is 2.43. The Morgan fingerprint density at radius 1 is 1.35 bits per heavy atom. The molecule has 2 rings (SSSR count). The predicted molar refractivity (Wildman–Crippen MR) is 56.6 cm³/mol. The molecule has 1 N–H and O–H groups in total. The number of hydrogen-bond acceptors (Lipinski definition) is 3. The van der Waals surface area contributed by atoms with Gasteiger partial charge in [0.2, 0.25) is 5.91 Å². The minimum absolute atomic E-state index is 0.0645. The summed E-state index contributed by atoms with van der Waals surface area (Å²) < 4.78 is 33.9. The molecule has 0 fully saturated rings. The standard InChI is InChI=1S/C10H8ClF2NO3/c11-4-3-9(15)14-6-1-2-7-8(5-6)17-10(12,13)16-7/h1-2,5H,3-4H2,(H,14,15). The molecule has 4 nitrogen and oxygen atoms in total. The minimum atomic E-state index is -3.65. The normalized spacial score (nSPS) is 15.7. The van der Waals surface area contributed by atoms with Crippen LogP contribution in [0.1, 0.15) is 6.42 Å². The molecule has 1 amide bonds. The number of carbonyl (C=O) groups excluding carboxylic acids is 1. The van der Waals surface area contributed by atoms with E-state index in [9.17, 15) is 13.6 Å². The average Bonchev–Trinajstić information content (AvgIpc) is 2.51. The topological polar surface area (TPSA) is 47.6 Å². The number of carbonyl (C=O) groups is 1. The largest absolute Gasteiger partial charge is 0.586 e. The number of amides is 1. The monoisotopic (exact) mass is 263 g/mol. The van der Waals surface area contributed by atoms with Gasteiger partial charge in [0.15, 0.2) is 11.5 Å². The maximum absolute atomic E-state index is 12.7. The number of anilines is 1. The number of fused-ring (bicyclic) bond motifs is 1. The second-order valence-corrected chi connectivity index (χ2v) is 3.69. The Hall–Kier alpha value is -1.56. The molecule has 0 spiro atoms. The van der Waals surface area contributed by atoms with Gasteiger partial charge in [-0.15, -0.1) is 20.4 Å². The molecule has 0 unspecified atom stereocenters. The minimum Gasteiger partial charge on any atom is -0.395 e. The van der Waals surface area contributed by atoms with Crippen LogP contribution in [0.25, 0.3) is 0 Å². The molecule has 1 heterocycles. The molecule has 17 heavy (non-hydrogen) atoms. The lowest BCUT2D eigenvalue weighted by atomic mass is 10.2. The van der Waals surface area contributed by atoms with E-state index in [1.54, 1.807) is 0 Å². The second kappa shape index (κ2) is 4.37. The third-order valence-electron chi connectivity index (χ3n) is 2.01. The van der Waals surface area contributed by atoms with Gasteiger partial charge in [-0.1, -0.05) is 0 Å². The van der Waals surface area contributed by atoms with Crippen molar-refractivity contribution in [1.29, 1.82) is 0 Å². The second-order valence-electron chi connectivity index (χ2n) is 3.32. The van der Waals surface area contributed by atoms with E-state index in [2.05, 4.69) is 14.8 Å². The van der Waals surface area contributed by atoms with E-state index in [0.717, 1.165) is 0 Å². The van der Waals surface area contributed by atoms with E-state index in [-0.39, 0.29) is 29.7 Å². The average molecular weight is 264 g/mol. The summed E-state index contributed by atoms with van der Waals surface area (Å²) in [6.07, 6.45) is -3.51. The molecule has 0 aliphatic carbocycles. The van der Waals surface area contributed by atoms with Crippen LogP contribution in [-0.4, -0.2) is 18.1 Å². The Labute approximate surface area is 100 Å². The number of alkyl halides is 3. The first-order chi connectivity index (χ1) is 8.00. The maximum atomic E-state index is 12.7. The highest BCUT2D eigenvalue weighted by molar-refractivity contribution is 6.19. The van der Waals surface area contributed by atoms with E-state index < -0.39 is 6.29 Å². The maximum Gasteiger partial charge on any atom is 0.586 e. The lowest BCUT2D eigenvalue weighted by Crippen LogP contribution is -2.25. The molecule has 0 saturated heterocycles. The van der Waals surface area contributed by atoms with Crippen molar-refractivity contribution < 1.29 is 23.0 Å². The van der Waals surface area contributed by atoms with E-state index >= 15 is 0 Å². The zero-order valence-corrected chi connectivity index (χ0v) is 9.26. The number of hydrogen-bond donors (Lipinski definition) is 1. The molecule has 0 aromatic heterocycles. The van der Waals surface area contributed by atoms with Gasteiger partial charge >= 0.3 is 6.29 Å². The van der Waals surface area contributed by atoms with Gasteiger partial charge in [0.05, 0.1) is 0 Å². The van der Waals surface area contributed by atoms with Crippen molar-refractivity contribution in [3.05, 3.63) is 18.2 Å². The van der Waals surface area contributed by atoms with E-state index in [0.29, 0.717) is 5.69 Å². The van der Waals surface area contributed by atoms with Crippen molar-refractivity contribution in [2.75, 3.05) is 11.2 Å². The fourth-order valence-electron chi connectivity index (χ4n) is 1.34. The quantitative estimate of drug-likeness (QED) is 0.853. The van der Waals surface area contributed by atoms with Crippen LogP contribution in [0.4, 0.5) is 14.5 Å². The lowest BCUT2D eigenvalue weighted by Gasteiger charge is -2.05. The molecule has 0 radical (unpaired) electrons. The summed E-state index contributed by atoms with van der Waals surface area (Å²) in [5.41, 5.74) is 0.347. The van der Waals surface area contributed by atoms with Gasteiger partial charge in [0, 0.05) is 24.1 Å². The van der Waals surface area contributed by atoms with Crippen LogP contribution in [0, 0.1) is 0 Å². The lowest BCUT2D eigenvalue weighted by molar-refractivity contribution is -0.286. The van der Waals surface area contributed by atoms with Crippen LogP contribution in [-0.2, 0) is 4.79 Å². The first-order valence-corrected chi connectivity index (χ1v) is 5.29. The van der Waals surface area contributed by atoms with Crippen molar-refractivity contribution in [1.82, 2.24) is 0 Å². The van der Waals surface area contributed by atoms with Gasteiger partial charge in [-0.3, -0.25) is 4.79 Å². The van der Waals surface area contributed by atoms with Crippen LogP contribution < -0.4 is 14.8 Å². The molecule has 0 bridgehead atoms. The molecular formula is C10H8ClF2NO3. The van der Waals surface area contributed by atoms with Crippen molar-refractivity contribution in [3.8, 4) is 11.5 Å². The highest BCUT2D eigenvalue weighted by Crippen LogP contribution is 2.42. The Morgan fingerprint density at radius 2 is 2.06 bits per heavy atom. The molecule has 0 saturated carbocycles. The summed E-state index contributed by atoms with van der Waals surface area (Å²) in [5.74, 6) is -0.288. The van der Waals surface area contributed by atoms with Gasteiger partial charge in [-0.25, -0.2) is 0 Å². The summed E-state index contributed by atoms with van der Waals surface area (Å²) >= 11 is 5.39. The SMILES string of the molecule is O=C(CCCl)Nc1ccc2c(c1)OC(F)(F)O2. The van der Waals surface area contributed by atoms with Crippen molar-refractivity contribution in [2.24, 2.45) is 0 Å². The summed E-state index contributed by atoms with van der Waals surface area (Å²) in [4.78, 5) is 11.2. The Bertz CT molecular complexity index is 453. The summed E-state index contributed by atoms with van der Waals surface area (Å²) in [5, 5.41) is 2.50. The van der Waals surface area contributed by atoms with E-state index in [1.807, 2.05) is 0 Å². The first kappa shape index (κ1) is 11.9. The number of ether oxygens (including phenoxy) is 2. The van der Waals surface area contributed by atoms with Gasteiger partial charge < -0.3 is 14.8 Å². The van der Waals surface area contributed by atoms with Crippen LogP contribution >= 0.6 is 11.6 Å².